The van der Waals surface area contributed by atoms with Gasteiger partial charge in [-0.25, -0.2) is 5.01 Å². The number of nitrogens with one attached hydrogen (secondary N) is 2. The highest BCUT2D eigenvalue weighted by atomic mass is 79.9. The fraction of sp³-hybridized carbons (Fsp3) is 0.304. The maximum absolute atomic E-state index is 13.5. The standard InChI is InChI=1S/C23H22BrN3O2S/c24-16-9-10-18-17(13-16)20(15-7-3-1-4-8-15)21(25-18)22(29)26-27-19(28)14-30-23(27)11-5-2-6-12-23/h1,3-4,7-10,13,25H,2,5-6,11-12,14H2,(H,26,29). The molecule has 154 valence electrons. The van der Waals surface area contributed by atoms with Crippen molar-refractivity contribution in [3.05, 3.63) is 58.7 Å². The summed E-state index contributed by atoms with van der Waals surface area (Å²) in [5.41, 5.74) is 6.14. The molecule has 0 bridgehead atoms. The molecule has 2 aromatic carbocycles. The van der Waals surface area contributed by atoms with E-state index in [1.165, 1.54) is 6.42 Å². The van der Waals surface area contributed by atoms with Crippen LogP contribution in [0.4, 0.5) is 0 Å². The number of hydrogen-bond acceptors (Lipinski definition) is 3. The SMILES string of the molecule is O=C(NN1C(=O)CSC12CCCCC2)c1[nH]c2ccc(Br)cc2c1-c1ccccc1. The molecular formula is C23H22BrN3O2S. The van der Waals surface area contributed by atoms with E-state index in [0.29, 0.717) is 11.4 Å². The Bertz CT molecular complexity index is 1120. The highest BCUT2D eigenvalue weighted by molar-refractivity contribution is 9.10. The number of H-pyrrole nitrogens is 1. The average Bonchev–Trinajstić information content (AvgIpc) is 3.28. The summed E-state index contributed by atoms with van der Waals surface area (Å²) in [6.45, 7) is 0. The lowest BCUT2D eigenvalue weighted by Gasteiger charge is -2.39. The number of carbonyl (C=O) groups excluding carboxylic acids is 2. The van der Waals surface area contributed by atoms with Gasteiger partial charge in [-0.05, 0) is 36.6 Å². The zero-order chi connectivity index (χ0) is 20.7. The molecular weight excluding hydrogens is 462 g/mol. The molecule has 2 N–H and O–H groups in total. The topological polar surface area (TPSA) is 65.2 Å². The first-order valence-corrected chi connectivity index (χ1v) is 12.0. The number of rotatable bonds is 3. The van der Waals surface area contributed by atoms with Crippen molar-refractivity contribution >= 4 is 50.4 Å². The molecule has 5 nitrogen and oxygen atoms in total. The normalized spacial score (nSPS) is 18.3. The molecule has 3 aromatic rings. The largest absolute Gasteiger partial charge is 0.350 e. The van der Waals surface area contributed by atoms with Crippen LogP contribution in [0.15, 0.2) is 53.0 Å². The van der Waals surface area contributed by atoms with E-state index >= 15 is 0 Å². The average molecular weight is 484 g/mol. The van der Waals surface area contributed by atoms with E-state index in [4.69, 9.17) is 0 Å². The van der Waals surface area contributed by atoms with Crippen LogP contribution < -0.4 is 5.43 Å². The van der Waals surface area contributed by atoms with Gasteiger partial charge in [0.05, 0.1) is 5.75 Å². The van der Waals surface area contributed by atoms with E-state index in [2.05, 4.69) is 26.3 Å². The maximum Gasteiger partial charge on any atom is 0.286 e. The van der Waals surface area contributed by atoms with E-state index in [-0.39, 0.29) is 16.7 Å². The number of nitrogens with zero attached hydrogens (tertiary/aromatic N) is 1. The molecule has 1 aliphatic heterocycles. The van der Waals surface area contributed by atoms with Crippen LogP contribution in [0, 0.1) is 0 Å². The lowest BCUT2D eigenvalue weighted by atomic mass is 9.94. The van der Waals surface area contributed by atoms with Crippen molar-refractivity contribution in [3.8, 4) is 11.1 Å². The minimum absolute atomic E-state index is 0.0182. The number of halogens is 1. The number of benzene rings is 2. The van der Waals surface area contributed by atoms with Gasteiger partial charge in [0.2, 0.25) is 0 Å². The van der Waals surface area contributed by atoms with Crippen LogP contribution in [0.5, 0.6) is 0 Å². The molecule has 7 heteroatoms. The Balaban J connectivity index is 1.56. The summed E-state index contributed by atoms with van der Waals surface area (Å²) in [5.74, 6) is 0.128. The summed E-state index contributed by atoms with van der Waals surface area (Å²) in [6, 6.07) is 15.8. The van der Waals surface area contributed by atoms with Gasteiger partial charge in [0, 0.05) is 20.9 Å². The molecule has 1 spiro atoms. The van der Waals surface area contributed by atoms with E-state index in [1.807, 2.05) is 48.5 Å². The number of fused-ring (bicyclic) bond motifs is 1. The first-order chi connectivity index (χ1) is 14.6. The molecule has 5 rings (SSSR count). The van der Waals surface area contributed by atoms with Crippen LogP contribution in [0.3, 0.4) is 0 Å². The lowest BCUT2D eigenvalue weighted by molar-refractivity contribution is -0.133. The maximum atomic E-state index is 13.5. The molecule has 0 radical (unpaired) electrons. The molecule has 2 amide bonds. The van der Waals surface area contributed by atoms with Crippen molar-refractivity contribution in [2.24, 2.45) is 0 Å². The van der Waals surface area contributed by atoms with Crippen LogP contribution >= 0.6 is 27.7 Å². The first-order valence-electron chi connectivity index (χ1n) is 10.2. The van der Waals surface area contributed by atoms with E-state index in [9.17, 15) is 9.59 Å². The second-order valence-corrected chi connectivity index (χ2v) is 10.1. The highest BCUT2D eigenvalue weighted by Crippen LogP contribution is 2.46. The van der Waals surface area contributed by atoms with E-state index in [0.717, 1.165) is 52.2 Å². The minimum atomic E-state index is -0.299. The van der Waals surface area contributed by atoms with Gasteiger partial charge in [0.25, 0.3) is 11.8 Å². The number of aromatic amines is 1. The molecule has 2 heterocycles. The van der Waals surface area contributed by atoms with Crippen LogP contribution in [0.25, 0.3) is 22.0 Å². The van der Waals surface area contributed by atoms with Crippen LogP contribution in [0.1, 0.15) is 42.6 Å². The van der Waals surface area contributed by atoms with Gasteiger partial charge in [-0.2, -0.15) is 0 Å². The molecule has 0 atom stereocenters. The van der Waals surface area contributed by atoms with E-state index < -0.39 is 0 Å². The Kier molecular flexibility index (Phi) is 5.11. The molecule has 30 heavy (non-hydrogen) atoms. The minimum Gasteiger partial charge on any atom is -0.350 e. The summed E-state index contributed by atoms with van der Waals surface area (Å²) >= 11 is 5.21. The molecule has 1 saturated carbocycles. The summed E-state index contributed by atoms with van der Waals surface area (Å²) in [7, 11) is 0. The van der Waals surface area contributed by atoms with Crippen molar-refractivity contribution < 1.29 is 9.59 Å². The quantitative estimate of drug-likeness (QED) is 0.518. The molecule has 1 aliphatic carbocycles. The van der Waals surface area contributed by atoms with E-state index in [1.54, 1.807) is 16.8 Å². The number of amides is 2. The summed E-state index contributed by atoms with van der Waals surface area (Å²) in [6.07, 6.45) is 5.21. The smallest absolute Gasteiger partial charge is 0.286 e. The third-order valence-electron chi connectivity index (χ3n) is 6.02. The van der Waals surface area contributed by atoms with Crippen molar-refractivity contribution in [3.63, 3.8) is 0 Å². The Morgan fingerprint density at radius 2 is 1.87 bits per heavy atom. The predicted octanol–water partition coefficient (Wildman–Crippen LogP) is 5.48. The number of hydrazine groups is 1. The second-order valence-electron chi connectivity index (χ2n) is 7.90. The third-order valence-corrected chi connectivity index (χ3v) is 8.03. The van der Waals surface area contributed by atoms with Gasteiger partial charge in [-0.15, -0.1) is 11.8 Å². The number of hydrogen-bond donors (Lipinski definition) is 2. The lowest BCUT2D eigenvalue weighted by Crippen LogP contribution is -2.55. The Morgan fingerprint density at radius 3 is 2.63 bits per heavy atom. The van der Waals surface area contributed by atoms with Gasteiger partial charge < -0.3 is 4.98 Å². The summed E-state index contributed by atoms with van der Waals surface area (Å²) in [5, 5.41) is 2.59. The zero-order valence-corrected chi connectivity index (χ0v) is 18.8. The number of carbonyl (C=O) groups is 2. The van der Waals surface area contributed by atoms with Crippen LogP contribution in [-0.4, -0.2) is 32.4 Å². The van der Waals surface area contributed by atoms with Gasteiger partial charge in [0.1, 0.15) is 10.6 Å². The summed E-state index contributed by atoms with van der Waals surface area (Å²) < 4.78 is 0.949. The number of thioether (sulfide) groups is 1. The molecule has 1 saturated heterocycles. The van der Waals surface area contributed by atoms with Crippen LogP contribution in [-0.2, 0) is 4.79 Å². The van der Waals surface area contributed by atoms with Crippen molar-refractivity contribution in [1.29, 1.82) is 0 Å². The molecule has 2 fully saturated rings. The van der Waals surface area contributed by atoms with Crippen LogP contribution in [0.2, 0.25) is 0 Å². The Morgan fingerprint density at radius 1 is 1.10 bits per heavy atom. The fourth-order valence-electron chi connectivity index (χ4n) is 4.59. The van der Waals surface area contributed by atoms with Gasteiger partial charge >= 0.3 is 0 Å². The first kappa shape index (κ1) is 19.7. The predicted molar refractivity (Wildman–Crippen MR) is 124 cm³/mol. The monoisotopic (exact) mass is 483 g/mol. The zero-order valence-electron chi connectivity index (χ0n) is 16.4. The van der Waals surface area contributed by atoms with Gasteiger partial charge in [-0.3, -0.25) is 15.0 Å². The number of aromatic nitrogens is 1. The van der Waals surface area contributed by atoms with Crippen molar-refractivity contribution in [1.82, 2.24) is 15.4 Å². The Hall–Kier alpha value is -2.25. The molecule has 2 aliphatic rings. The van der Waals surface area contributed by atoms with Gasteiger partial charge in [0.15, 0.2) is 0 Å². The van der Waals surface area contributed by atoms with Crippen molar-refractivity contribution in [2.75, 3.05) is 5.75 Å². The fourth-order valence-corrected chi connectivity index (χ4v) is 6.32. The highest BCUT2D eigenvalue weighted by Gasteiger charge is 2.48. The van der Waals surface area contributed by atoms with Gasteiger partial charge in [-0.1, -0.05) is 65.5 Å². The molecule has 0 unspecified atom stereocenters. The Labute approximate surface area is 187 Å². The molecule has 1 aromatic heterocycles. The summed E-state index contributed by atoms with van der Waals surface area (Å²) in [4.78, 5) is 29.1. The van der Waals surface area contributed by atoms with Crippen molar-refractivity contribution in [2.45, 2.75) is 37.0 Å². The second kappa shape index (κ2) is 7.78. The third kappa shape index (κ3) is 3.34.